The standard InChI is InChI=1S/C30H45N7O2S/c1-20-10-11-21-18-30(5,6)37(19-21)26-22(27(38)34-40-25-9-7-8-23(31-20)32-25)12-13-24(33-26)36-17-16-35(28(36)39)15-14-29(2,3)4/h9,12-13,20-21H,7-8,10-11,14-19H2,1-6H3,(H,31,32)(H,34,38). The van der Waals surface area contributed by atoms with Crippen LogP contribution in [0.5, 0.6) is 0 Å². The zero-order chi connectivity index (χ0) is 28.7. The van der Waals surface area contributed by atoms with E-state index in [1.54, 1.807) is 4.90 Å². The van der Waals surface area contributed by atoms with Crippen LogP contribution in [-0.2, 0) is 0 Å². The highest BCUT2D eigenvalue weighted by Gasteiger charge is 2.41. The summed E-state index contributed by atoms with van der Waals surface area (Å²) in [7, 11) is 0. The number of anilines is 2. The summed E-state index contributed by atoms with van der Waals surface area (Å²) in [4.78, 5) is 43.0. The van der Waals surface area contributed by atoms with E-state index in [1.165, 1.54) is 11.9 Å². The Morgan fingerprint density at radius 1 is 1.15 bits per heavy atom. The lowest BCUT2D eigenvalue weighted by Gasteiger charge is -2.34. The number of allylic oxidation sites excluding steroid dienone is 1. The molecule has 0 aliphatic carbocycles. The van der Waals surface area contributed by atoms with Gasteiger partial charge in [-0.2, -0.15) is 0 Å². The van der Waals surface area contributed by atoms with Gasteiger partial charge in [0.05, 0.1) is 10.6 Å². The van der Waals surface area contributed by atoms with Gasteiger partial charge in [-0.1, -0.05) is 26.8 Å². The molecule has 0 spiro atoms. The maximum Gasteiger partial charge on any atom is 0.325 e. The molecule has 2 saturated heterocycles. The Hall–Kier alpha value is -2.75. The van der Waals surface area contributed by atoms with Gasteiger partial charge < -0.3 is 15.1 Å². The van der Waals surface area contributed by atoms with Crippen molar-refractivity contribution in [2.75, 3.05) is 36.0 Å². The summed E-state index contributed by atoms with van der Waals surface area (Å²) in [6.07, 6.45) is 7.96. The van der Waals surface area contributed by atoms with Crippen LogP contribution in [0.1, 0.15) is 90.4 Å². The zero-order valence-corrected chi connectivity index (χ0v) is 25.7. The molecule has 2 atom stereocenters. The van der Waals surface area contributed by atoms with E-state index >= 15 is 0 Å². The molecule has 2 fully saturated rings. The van der Waals surface area contributed by atoms with E-state index in [4.69, 9.17) is 9.98 Å². The number of aliphatic imine (C=N–C) groups is 1. The van der Waals surface area contributed by atoms with Gasteiger partial charge in [0.15, 0.2) is 0 Å². The SMILES string of the molecule is CC1CCC2CN(c3nc(N4CCN(CCC(C)(C)C)C4=O)ccc3C(=O)NSC3=CCCC(=N1)N3)C(C)(C)C2. The van der Waals surface area contributed by atoms with E-state index in [1.807, 2.05) is 17.0 Å². The Morgan fingerprint density at radius 3 is 2.73 bits per heavy atom. The largest absolute Gasteiger partial charge is 0.350 e. The summed E-state index contributed by atoms with van der Waals surface area (Å²) in [5.74, 6) is 2.56. The van der Waals surface area contributed by atoms with Gasteiger partial charge in [0.25, 0.3) is 5.91 Å². The van der Waals surface area contributed by atoms with E-state index < -0.39 is 0 Å². The molecular weight excluding hydrogens is 522 g/mol. The van der Waals surface area contributed by atoms with Crippen LogP contribution in [0.2, 0.25) is 0 Å². The number of rotatable bonds is 3. The number of nitrogens with zero attached hydrogens (tertiary/aromatic N) is 5. The Balaban J connectivity index is 1.45. The number of pyridine rings is 1. The first-order chi connectivity index (χ1) is 18.9. The molecule has 5 rings (SSSR count). The molecule has 1 aromatic rings. The van der Waals surface area contributed by atoms with Crippen molar-refractivity contribution in [3.63, 3.8) is 0 Å². The molecule has 40 heavy (non-hydrogen) atoms. The van der Waals surface area contributed by atoms with Crippen LogP contribution in [-0.4, -0.2) is 65.4 Å². The topological polar surface area (TPSA) is 93.2 Å². The Bertz CT molecular complexity index is 1200. The molecule has 9 nitrogen and oxygen atoms in total. The van der Waals surface area contributed by atoms with Gasteiger partial charge in [0.1, 0.15) is 17.5 Å². The number of amidine groups is 1. The van der Waals surface area contributed by atoms with Crippen LogP contribution in [0.15, 0.2) is 28.2 Å². The van der Waals surface area contributed by atoms with Crippen molar-refractivity contribution < 1.29 is 9.59 Å². The molecule has 3 amide bonds. The van der Waals surface area contributed by atoms with Crippen molar-refractivity contribution in [3.8, 4) is 0 Å². The smallest absolute Gasteiger partial charge is 0.325 e. The molecule has 10 heteroatoms. The number of fused-ring (bicyclic) bond motifs is 6. The van der Waals surface area contributed by atoms with Gasteiger partial charge in [0.2, 0.25) is 0 Å². The number of hydrogen-bond donors (Lipinski definition) is 2. The number of amides is 3. The van der Waals surface area contributed by atoms with Crippen molar-refractivity contribution in [3.05, 3.63) is 28.8 Å². The second-order valence-corrected chi connectivity index (χ2v) is 14.4. The lowest BCUT2D eigenvalue weighted by atomic mass is 9.92. The van der Waals surface area contributed by atoms with Crippen LogP contribution in [0.25, 0.3) is 0 Å². The molecule has 218 valence electrons. The predicted molar refractivity (Wildman–Crippen MR) is 164 cm³/mol. The minimum absolute atomic E-state index is 0.00694. The third-order valence-corrected chi connectivity index (χ3v) is 9.20. The fraction of sp³-hybridized carbons (Fsp3) is 0.667. The quantitative estimate of drug-likeness (QED) is 0.466. The molecule has 0 radical (unpaired) electrons. The summed E-state index contributed by atoms with van der Waals surface area (Å²) in [5, 5.41) is 4.30. The Kier molecular flexibility index (Phi) is 8.10. The fourth-order valence-corrected chi connectivity index (χ4v) is 6.80. The first-order valence-corrected chi connectivity index (χ1v) is 15.6. The average molecular weight is 568 g/mol. The number of urea groups is 1. The molecule has 0 saturated carbocycles. The van der Waals surface area contributed by atoms with Crippen molar-refractivity contribution in [1.29, 1.82) is 0 Å². The number of aromatic nitrogens is 1. The average Bonchev–Trinajstić information content (AvgIpc) is 3.41. The summed E-state index contributed by atoms with van der Waals surface area (Å²) in [6.45, 7) is 16.1. The molecule has 4 aliphatic heterocycles. The van der Waals surface area contributed by atoms with Crippen molar-refractivity contribution in [2.24, 2.45) is 16.3 Å². The molecule has 2 unspecified atom stereocenters. The fourth-order valence-electron chi connectivity index (χ4n) is 6.12. The number of carbonyl (C=O) groups is 2. The molecule has 5 heterocycles. The van der Waals surface area contributed by atoms with Crippen LogP contribution in [0, 0.1) is 11.3 Å². The van der Waals surface area contributed by atoms with Gasteiger partial charge >= 0.3 is 6.03 Å². The van der Waals surface area contributed by atoms with E-state index in [-0.39, 0.29) is 28.9 Å². The minimum Gasteiger partial charge on any atom is -0.350 e. The third-order valence-electron chi connectivity index (χ3n) is 8.42. The van der Waals surface area contributed by atoms with Crippen molar-refractivity contribution in [1.82, 2.24) is 19.9 Å². The lowest BCUT2D eigenvalue weighted by Crippen LogP contribution is -2.41. The van der Waals surface area contributed by atoms with Crippen LogP contribution >= 0.6 is 11.9 Å². The van der Waals surface area contributed by atoms with Gasteiger partial charge in [0, 0.05) is 56.1 Å². The van der Waals surface area contributed by atoms with E-state index in [0.717, 1.165) is 62.5 Å². The molecule has 0 aromatic carbocycles. The summed E-state index contributed by atoms with van der Waals surface area (Å²) in [6, 6.07) is 3.90. The predicted octanol–water partition coefficient (Wildman–Crippen LogP) is 5.55. The molecular formula is C30H45N7O2S. The summed E-state index contributed by atoms with van der Waals surface area (Å²) in [5.41, 5.74) is 0.534. The second kappa shape index (κ2) is 11.3. The van der Waals surface area contributed by atoms with Crippen LogP contribution in [0.3, 0.4) is 0 Å². The molecule has 1 aromatic heterocycles. The first kappa shape index (κ1) is 28.8. The summed E-state index contributed by atoms with van der Waals surface area (Å²) < 4.78 is 3.03. The normalized spacial score (nSPS) is 25.4. The van der Waals surface area contributed by atoms with Gasteiger partial charge in [-0.15, -0.1) is 0 Å². The van der Waals surface area contributed by atoms with Gasteiger partial charge in [-0.3, -0.25) is 19.4 Å². The Labute approximate surface area is 243 Å². The zero-order valence-electron chi connectivity index (χ0n) is 24.9. The highest BCUT2D eigenvalue weighted by atomic mass is 32.2. The van der Waals surface area contributed by atoms with Gasteiger partial charge in [-0.05, 0) is 76.3 Å². The van der Waals surface area contributed by atoms with Crippen molar-refractivity contribution in [2.45, 2.75) is 91.6 Å². The maximum absolute atomic E-state index is 13.6. The first-order valence-electron chi connectivity index (χ1n) is 14.8. The maximum atomic E-state index is 13.6. The monoisotopic (exact) mass is 567 g/mol. The molecule has 2 N–H and O–H groups in total. The van der Waals surface area contributed by atoms with E-state index in [9.17, 15) is 9.59 Å². The van der Waals surface area contributed by atoms with Gasteiger partial charge in [-0.25, -0.2) is 9.78 Å². The molecule has 4 bridgehead atoms. The number of nitrogens with one attached hydrogen (secondary N) is 2. The lowest BCUT2D eigenvalue weighted by molar-refractivity contribution is 0.0984. The van der Waals surface area contributed by atoms with E-state index in [0.29, 0.717) is 36.2 Å². The van der Waals surface area contributed by atoms with E-state index in [2.05, 4.69) is 62.6 Å². The highest BCUT2D eigenvalue weighted by molar-refractivity contribution is 8.01. The molecule has 4 aliphatic rings. The summed E-state index contributed by atoms with van der Waals surface area (Å²) >= 11 is 1.29. The third kappa shape index (κ3) is 6.42. The number of carbonyl (C=O) groups excluding carboxylic acids is 2. The highest BCUT2D eigenvalue weighted by Crippen LogP contribution is 2.40. The Morgan fingerprint density at radius 2 is 1.95 bits per heavy atom. The van der Waals surface area contributed by atoms with Crippen LogP contribution < -0.4 is 19.8 Å². The second-order valence-electron chi connectivity index (χ2n) is 13.5. The van der Waals surface area contributed by atoms with Crippen molar-refractivity contribution >= 4 is 41.4 Å². The minimum atomic E-state index is -0.187. The van der Waals surface area contributed by atoms with Crippen LogP contribution in [0.4, 0.5) is 16.4 Å². The number of hydrogen-bond acceptors (Lipinski definition) is 7.